The van der Waals surface area contributed by atoms with Crippen molar-refractivity contribution >= 4 is 16.8 Å². The lowest BCUT2D eigenvalue weighted by Gasteiger charge is -2.05. The van der Waals surface area contributed by atoms with Gasteiger partial charge in [0, 0.05) is 30.1 Å². The zero-order valence-electron chi connectivity index (χ0n) is 12.8. The lowest BCUT2D eigenvalue weighted by molar-refractivity contribution is -0.121. The van der Waals surface area contributed by atoms with Crippen molar-refractivity contribution in [3.8, 4) is 0 Å². The predicted molar refractivity (Wildman–Crippen MR) is 89.5 cm³/mol. The van der Waals surface area contributed by atoms with E-state index >= 15 is 0 Å². The van der Waals surface area contributed by atoms with Crippen LogP contribution in [-0.2, 0) is 17.8 Å². The molecule has 0 atom stereocenters. The van der Waals surface area contributed by atoms with Gasteiger partial charge in [-0.2, -0.15) is 0 Å². The van der Waals surface area contributed by atoms with Crippen molar-refractivity contribution in [1.29, 1.82) is 0 Å². The molecule has 3 aromatic rings. The Labute approximate surface area is 134 Å². The summed E-state index contributed by atoms with van der Waals surface area (Å²) in [4.78, 5) is 15.1. The van der Waals surface area contributed by atoms with E-state index in [0.717, 1.165) is 23.9 Å². The molecule has 0 aliphatic rings. The van der Waals surface area contributed by atoms with Crippen LogP contribution in [0.2, 0.25) is 0 Å². The molecule has 1 heterocycles. The van der Waals surface area contributed by atoms with Crippen molar-refractivity contribution in [3.63, 3.8) is 0 Å². The standard InChI is InChI=1S/C19H19FN2O/c20-16-10-8-14(9-11-16)12-22-19(23)7-3-4-15-13-21-18-6-2-1-5-17(15)18/h1-2,5-6,8-11,13,21H,3-4,7,12H2,(H,22,23). The first-order valence-electron chi connectivity index (χ1n) is 7.78. The Morgan fingerprint density at radius 1 is 1.09 bits per heavy atom. The molecule has 0 unspecified atom stereocenters. The first-order chi connectivity index (χ1) is 11.2. The highest BCUT2D eigenvalue weighted by atomic mass is 19.1. The van der Waals surface area contributed by atoms with Crippen LogP contribution in [0.4, 0.5) is 4.39 Å². The van der Waals surface area contributed by atoms with Crippen molar-refractivity contribution in [3.05, 3.63) is 71.7 Å². The Kier molecular flexibility index (Phi) is 4.71. The van der Waals surface area contributed by atoms with Crippen LogP contribution in [0, 0.1) is 5.82 Å². The number of fused-ring (bicyclic) bond motifs is 1. The molecule has 0 radical (unpaired) electrons. The van der Waals surface area contributed by atoms with Gasteiger partial charge in [0.05, 0.1) is 0 Å². The van der Waals surface area contributed by atoms with Crippen molar-refractivity contribution in [2.24, 2.45) is 0 Å². The average molecular weight is 310 g/mol. The number of carbonyl (C=O) groups is 1. The number of aromatic nitrogens is 1. The molecule has 0 spiro atoms. The van der Waals surface area contributed by atoms with Gasteiger partial charge in [-0.1, -0.05) is 30.3 Å². The number of carbonyl (C=O) groups excluding carboxylic acids is 1. The Balaban J connectivity index is 1.45. The van der Waals surface area contributed by atoms with E-state index in [2.05, 4.69) is 16.4 Å². The summed E-state index contributed by atoms with van der Waals surface area (Å²) in [5.41, 5.74) is 3.27. The minimum Gasteiger partial charge on any atom is -0.361 e. The quantitative estimate of drug-likeness (QED) is 0.711. The van der Waals surface area contributed by atoms with Crippen LogP contribution in [-0.4, -0.2) is 10.9 Å². The summed E-state index contributed by atoms with van der Waals surface area (Å²) in [6, 6.07) is 14.3. The Morgan fingerprint density at radius 2 is 1.87 bits per heavy atom. The second kappa shape index (κ2) is 7.09. The highest BCUT2D eigenvalue weighted by Gasteiger charge is 2.05. The van der Waals surface area contributed by atoms with Gasteiger partial charge in [-0.05, 0) is 42.2 Å². The van der Waals surface area contributed by atoms with E-state index in [4.69, 9.17) is 0 Å². The SMILES string of the molecule is O=C(CCCc1c[nH]c2ccccc12)NCc1ccc(F)cc1. The van der Waals surface area contributed by atoms with Crippen molar-refractivity contribution in [2.75, 3.05) is 0 Å². The lowest BCUT2D eigenvalue weighted by atomic mass is 10.1. The zero-order chi connectivity index (χ0) is 16.1. The monoisotopic (exact) mass is 310 g/mol. The highest BCUT2D eigenvalue weighted by Crippen LogP contribution is 2.19. The number of rotatable bonds is 6. The van der Waals surface area contributed by atoms with Crippen LogP contribution in [0.15, 0.2) is 54.7 Å². The number of benzene rings is 2. The molecule has 1 amide bonds. The highest BCUT2D eigenvalue weighted by molar-refractivity contribution is 5.83. The first-order valence-corrected chi connectivity index (χ1v) is 7.78. The minimum atomic E-state index is -0.265. The van der Waals surface area contributed by atoms with Crippen LogP contribution in [0.5, 0.6) is 0 Å². The molecule has 1 aromatic heterocycles. The number of amides is 1. The molecule has 0 saturated carbocycles. The van der Waals surface area contributed by atoms with E-state index in [1.165, 1.54) is 23.1 Å². The van der Waals surface area contributed by atoms with Gasteiger partial charge in [0.1, 0.15) is 5.82 Å². The second-order valence-corrected chi connectivity index (χ2v) is 5.62. The van der Waals surface area contributed by atoms with Gasteiger partial charge < -0.3 is 10.3 Å². The van der Waals surface area contributed by atoms with Gasteiger partial charge in [-0.3, -0.25) is 4.79 Å². The summed E-state index contributed by atoms with van der Waals surface area (Å²) in [7, 11) is 0. The fourth-order valence-electron chi connectivity index (χ4n) is 2.67. The van der Waals surface area contributed by atoms with E-state index in [-0.39, 0.29) is 11.7 Å². The molecule has 2 N–H and O–H groups in total. The van der Waals surface area contributed by atoms with Crippen LogP contribution in [0.25, 0.3) is 10.9 Å². The topological polar surface area (TPSA) is 44.9 Å². The largest absolute Gasteiger partial charge is 0.361 e. The zero-order valence-corrected chi connectivity index (χ0v) is 12.8. The van der Waals surface area contributed by atoms with E-state index < -0.39 is 0 Å². The number of aryl methyl sites for hydroxylation is 1. The van der Waals surface area contributed by atoms with Crippen LogP contribution in [0.3, 0.4) is 0 Å². The maximum Gasteiger partial charge on any atom is 0.220 e. The molecule has 4 heteroatoms. The molecular formula is C19H19FN2O. The Morgan fingerprint density at radius 3 is 2.70 bits per heavy atom. The molecule has 0 aliphatic heterocycles. The molecule has 3 rings (SSSR count). The number of nitrogens with one attached hydrogen (secondary N) is 2. The van der Waals surface area contributed by atoms with Gasteiger partial charge in [-0.15, -0.1) is 0 Å². The molecule has 3 nitrogen and oxygen atoms in total. The molecule has 0 saturated heterocycles. The Bertz CT molecular complexity index is 792. The maximum absolute atomic E-state index is 12.8. The third-order valence-electron chi connectivity index (χ3n) is 3.93. The lowest BCUT2D eigenvalue weighted by Crippen LogP contribution is -2.22. The number of hydrogen-bond acceptors (Lipinski definition) is 1. The third-order valence-corrected chi connectivity index (χ3v) is 3.93. The summed E-state index contributed by atoms with van der Waals surface area (Å²) < 4.78 is 12.8. The smallest absolute Gasteiger partial charge is 0.220 e. The fraction of sp³-hybridized carbons (Fsp3) is 0.211. The number of halogens is 1. The number of aromatic amines is 1. The Hall–Kier alpha value is -2.62. The van der Waals surface area contributed by atoms with Crippen molar-refractivity contribution < 1.29 is 9.18 Å². The summed E-state index contributed by atoms with van der Waals surface area (Å²) in [5, 5.41) is 4.09. The van der Waals surface area contributed by atoms with Gasteiger partial charge in [-0.25, -0.2) is 4.39 Å². The number of para-hydroxylation sites is 1. The van der Waals surface area contributed by atoms with Gasteiger partial charge in [0.2, 0.25) is 5.91 Å². The molecule has 2 aromatic carbocycles. The van der Waals surface area contributed by atoms with Crippen LogP contribution in [0.1, 0.15) is 24.0 Å². The van der Waals surface area contributed by atoms with Gasteiger partial charge in [0.15, 0.2) is 0 Å². The van der Waals surface area contributed by atoms with Crippen LogP contribution >= 0.6 is 0 Å². The van der Waals surface area contributed by atoms with E-state index in [9.17, 15) is 9.18 Å². The number of hydrogen-bond donors (Lipinski definition) is 2. The average Bonchev–Trinajstić information content (AvgIpc) is 2.98. The summed E-state index contributed by atoms with van der Waals surface area (Å²) in [5.74, 6) is -0.243. The fourth-order valence-corrected chi connectivity index (χ4v) is 2.67. The number of H-pyrrole nitrogens is 1. The van der Waals surface area contributed by atoms with Gasteiger partial charge in [0.25, 0.3) is 0 Å². The molecule has 0 bridgehead atoms. The first kappa shape index (κ1) is 15.3. The second-order valence-electron chi connectivity index (χ2n) is 5.62. The molecular weight excluding hydrogens is 291 g/mol. The molecule has 118 valence electrons. The van der Waals surface area contributed by atoms with E-state index in [1.54, 1.807) is 12.1 Å². The van der Waals surface area contributed by atoms with Gasteiger partial charge >= 0.3 is 0 Å². The predicted octanol–water partition coefficient (Wildman–Crippen LogP) is 3.95. The minimum absolute atomic E-state index is 0.0224. The molecule has 0 aliphatic carbocycles. The van der Waals surface area contributed by atoms with Crippen LogP contribution < -0.4 is 5.32 Å². The summed E-state index contributed by atoms with van der Waals surface area (Å²) in [6.07, 6.45) is 4.17. The summed E-state index contributed by atoms with van der Waals surface area (Å²) in [6.45, 7) is 0.437. The van der Waals surface area contributed by atoms with E-state index in [0.29, 0.717) is 13.0 Å². The third kappa shape index (κ3) is 3.97. The molecule has 0 fully saturated rings. The van der Waals surface area contributed by atoms with Crippen molar-refractivity contribution in [2.45, 2.75) is 25.8 Å². The van der Waals surface area contributed by atoms with Crippen molar-refractivity contribution in [1.82, 2.24) is 10.3 Å². The maximum atomic E-state index is 12.8. The molecule has 23 heavy (non-hydrogen) atoms. The summed E-state index contributed by atoms with van der Waals surface area (Å²) >= 11 is 0. The normalized spacial score (nSPS) is 10.8. The van der Waals surface area contributed by atoms with E-state index in [1.807, 2.05) is 24.4 Å².